The van der Waals surface area contributed by atoms with Crippen molar-refractivity contribution >= 4 is 0 Å². The SMILES string of the molecule is CC(C)N[C@H]1CO[C@H]2[C@@H]1OC[C@@H]2n1nnnc1Oc1ccc(-n2cncn2)cc1. The van der Waals surface area contributed by atoms with Crippen LogP contribution in [-0.2, 0) is 9.47 Å². The van der Waals surface area contributed by atoms with Gasteiger partial charge in [0.25, 0.3) is 0 Å². The predicted octanol–water partition coefficient (Wildman–Crippen LogP) is 0.751. The highest BCUT2D eigenvalue weighted by molar-refractivity contribution is 5.37. The summed E-state index contributed by atoms with van der Waals surface area (Å²) in [6, 6.07) is 8.12. The van der Waals surface area contributed by atoms with Gasteiger partial charge in [0, 0.05) is 6.04 Å². The number of nitrogens with zero attached hydrogens (tertiary/aromatic N) is 7. The Kier molecular flexibility index (Phi) is 4.70. The minimum Gasteiger partial charge on any atom is -0.423 e. The summed E-state index contributed by atoms with van der Waals surface area (Å²) < 4.78 is 21.3. The van der Waals surface area contributed by atoms with Crippen LogP contribution in [0.25, 0.3) is 5.69 Å². The zero-order valence-electron chi connectivity index (χ0n) is 16.1. The molecule has 0 unspecified atom stereocenters. The minimum absolute atomic E-state index is 0.0265. The van der Waals surface area contributed by atoms with Gasteiger partial charge in [0.15, 0.2) is 0 Å². The van der Waals surface area contributed by atoms with Gasteiger partial charge in [0.2, 0.25) is 0 Å². The van der Waals surface area contributed by atoms with Gasteiger partial charge >= 0.3 is 6.01 Å². The first kappa shape index (κ1) is 18.2. The molecule has 4 heterocycles. The number of fused-ring (bicyclic) bond motifs is 1. The molecule has 152 valence electrons. The van der Waals surface area contributed by atoms with Crippen LogP contribution >= 0.6 is 0 Å². The fourth-order valence-electron chi connectivity index (χ4n) is 3.83. The van der Waals surface area contributed by atoms with Gasteiger partial charge in [-0.05, 0) is 34.7 Å². The van der Waals surface area contributed by atoms with Crippen molar-refractivity contribution in [1.82, 2.24) is 40.3 Å². The maximum Gasteiger partial charge on any atom is 0.341 e. The third-order valence-electron chi connectivity index (χ3n) is 5.08. The van der Waals surface area contributed by atoms with E-state index in [2.05, 4.69) is 44.8 Å². The molecule has 11 heteroatoms. The van der Waals surface area contributed by atoms with Crippen LogP contribution in [0.5, 0.6) is 11.8 Å². The second kappa shape index (κ2) is 7.50. The van der Waals surface area contributed by atoms with Crippen LogP contribution in [0.15, 0.2) is 36.9 Å². The van der Waals surface area contributed by atoms with Crippen LogP contribution in [0, 0.1) is 0 Å². The highest BCUT2D eigenvalue weighted by Gasteiger charge is 2.49. The summed E-state index contributed by atoms with van der Waals surface area (Å²) >= 11 is 0. The van der Waals surface area contributed by atoms with E-state index in [0.717, 1.165) is 5.69 Å². The van der Waals surface area contributed by atoms with Crippen molar-refractivity contribution in [3.05, 3.63) is 36.9 Å². The Bertz CT molecular complexity index is 942. The first-order valence-electron chi connectivity index (χ1n) is 9.59. The molecule has 2 fully saturated rings. The summed E-state index contributed by atoms with van der Waals surface area (Å²) in [5.74, 6) is 0.618. The molecule has 29 heavy (non-hydrogen) atoms. The quantitative estimate of drug-likeness (QED) is 0.642. The van der Waals surface area contributed by atoms with Gasteiger partial charge in [-0.15, -0.1) is 0 Å². The van der Waals surface area contributed by atoms with E-state index in [0.29, 0.717) is 31.0 Å². The van der Waals surface area contributed by atoms with E-state index >= 15 is 0 Å². The minimum atomic E-state index is -0.140. The van der Waals surface area contributed by atoms with Crippen LogP contribution < -0.4 is 10.1 Å². The number of ether oxygens (including phenoxy) is 3. The molecule has 2 aliphatic heterocycles. The van der Waals surface area contributed by atoms with E-state index < -0.39 is 0 Å². The van der Waals surface area contributed by atoms with E-state index in [1.807, 2.05) is 24.3 Å². The molecule has 0 radical (unpaired) electrons. The molecule has 0 saturated carbocycles. The lowest BCUT2D eigenvalue weighted by atomic mass is 10.1. The van der Waals surface area contributed by atoms with Crippen LogP contribution in [-0.4, -0.2) is 72.5 Å². The lowest BCUT2D eigenvalue weighted by Gasteiger charge is -2.20. The van der Waals surface area contributed by atoms with Crippen molar-refractivity contribution in [2.45, 2.75) is 44.2 Å². The first-order chi connectivity index (χ1) is 14.2. The molecule has 4 atom stereocenters. The summed E-state index contributed by atoms with van der Waals surface area (Å²) in [4.78, 5) is 3.95. The van der Waals surface area contributed by atoms with Gasteiger partial charge in [0.05, 0.1) is 24.9 Å². The summed E-state index contributed by atoms with van der Waals surface area (Å²) in [5, 5.41) is 19.6. The van der Waals surface area contributed by atoms with Crippen molar-refractivity contribution in [3.8, 4) is 17.4 Å². The van der Waals surface area contributed by atoms with E-state index in [-0.39, 0.29) is 24.3 Å². The molecule has 0 aliphatic carbocycles. The topological polar surface area (TPSA) is 114 Å². The number of nitrogens with one attached hydrogen (secondary N) is 1. The molecule has 1 aromatic carbocycles. The van der Waals surface area contributed by atoms with Gasteiger partial charge in [-0.1, -0.05) is 18.9 Å². The monoisotopic (exact) mass is 398 g/mol. The summed E-state index contributed by atoms with van der Waals surface area (Å²) in [5.41, 5.74) is 0.879. The molecule has 0 amide bonds. The lowest BCUT2D eigenvalue weighted by Crippen LogP contribution is -2.44. The number of hydrogen-bond acceptors (Lipinski definition) is 9. The molecular weight excluding hydrogens is 376 g/mol. The largest absolute Gasteiger partial charge is 0.423 e. The van der Waals surface area contributed by atoms with Crippen LogP contribution in [0.4, 0.5) is 0 Å². The molecular formula is C18H22N8O3. The van der Waals surface area contributed by atoms with Gasteiger partial charge in [0.1, 0.15) is 36.7 Å². The highest BCUT2D eigenvalue weighted by atomic mass is 16.6. The molecule has 0 spiro atoms. The maximum absolute atomic E-state index is 6.01. The molecule has 2 aromatic heterocycles. The van der Waals surface area contributed by atoms with Crippen molar-refractivity contribution in [2.24, 2.45) is 0 Å². The molecule has 2 aliphatic rings. The van der Waals surface area contributed by atoms with Crippen LogP contribution in [0.1, 0.15) is 19.9 Å². The fourth-order valence-corrected chi connectivity index (χ4v) is 3.83. The van der Waals surface area contributed by atoms with Crippen LogP contribution in [0.2, 0.25) is 0 Å². The average molecular weight is 398 g/mol. The Morgan fingerprint density at radius 2 is 1.97 bits per heavy atom. The number of rotatable bonds is 6. The van der Waals surface area contributed by atoms with Crippen molar-refractivity contribution in [3.63, 3.8) is 0 Å². The van der Waals surface area contributed by atoms with E-state index in [9.17, 15) is 0 Å². The van der Waals surface area contributed by atoms with E-state index in [4.69, 9.17) is 14.2 Å². The predicted molar refractivity (Wildman–Crippen MR) is 99.8 cm³/mol. The van der Waals surface area contributed by atoms with Gasteiger partial charge in [-0.2, -0.15) is 9.78 Å². The Balaban J connectivity index is 1.30. The maximum atomic E-state index is 6.01. The van der Waals surface area contributed by atoms with Crippen molar-refractivity contribution < 1.29 is 14.2 Å². The molecule has 11 nitrogen and oxygen atoms in total. The van der Waals surface area contributed by atoms with Gasteiger partial charge in [-0.25, -0.2) is 9.67 Å². The summed E-state index contributed by atoms with van der Waals surface area (Å²) in [7, 11) is 0. The van der Waals surface area contributed by atoms with Gasteiger partial charge < -0.3 is 19.5 Å². The third kappa shape index (κ3) is 3.48. The second-order valence-electron chi connectivity index (χ2n) is 7.43. The van der Waals surface area contributed by atoms with Crippen LogP contribution in [0.3, 0.4) is 0 Å². The zero-order chi connectivity index (χ0) is 19.8. The fraction of sp³-hybridized carbons (Fsp3) is 0.500. The Hall–Kier alpha value is -2.89. The summed E-state index contributed by atoms with van der Waals surface area (Å²) in [6.45, 7) is 5.30. The van der Waals surface area contributed by atoms with E-state index in [1.54, 1.807) is 15.7 Å². The Morgan fingerprint density at radius 3 is 2.72 bits per heavy atom. The Labute approximate surface area is 167 Å². The Morgan fingerprint density at radius 1 is 1.14 bits per heavy atom. The zero-order valence-corrected chi connectivity index (χ0v) is 16.1. The summed E-state index contributed by atoms with van der Waals surface area (Å²) in [6.07, 6.45) is 2.98. The number of hydrogen-bond donors (Lipinski definition) is 1. The van der Waals surface area contributed by atoms with Gasteiger partial charge in [-0.3, -0.25) is 0 Å². The van der Waals surface area contributed by atoms with E-state index in [1.165, 1.54) is 6.33 Å². The first-order valence-corrected chi connectivity index (χ1v) is 9.59. The number of benzene rings is 1. The normalized spacial score (nSPS) is 26.2. The number of tetrazole rings is 1. The molecule has 3 aromatic rings. The standard InChI is InChI=1S/C18H22N8O3/c1-11(2)21-14-7-27-17-15(8-28-16(14)17)26-18(22-23-24-26)29-13-5-3-12(4-6-13)25-10-19-9-20-25/h3-6,9-11,14-17,21H,7-8H2,1-2H3/t14-,15-,16+,17+/m0/s1. The average Bonchev–Trinajstić information content (AvgIpc) is 3.48. The second-order valence-corrected chi connectivity index (χ2v) is 7.43. The molecule has 5 rings (SSSR count). The van der Waals surface area contributed by atoms with Crippen molar-refractivity contribution in [1.29, 1.82) is 0 Å². The molecule has 2 saturated heterocycles. The lowest BCUT2D eigenvalue weighted by molar-refractivity contribution is 0.0610. The highest BCUT2D eigenvalue weighted by Crippen LogP contribution is 2.36. The number of aromatic nitrogens is 7. The smallest absolute Gasteiger partial charge is 0.341 e. The van der Waals surface area contributed by atoms with Crippen molar-refractivity contribution in [2.75, 3.05) is 13.2 Å². The third-order valence-corrected chi connectivity index (χ3v) is 5.08. The molecule has 0 bridgehead atoms. The molecule has 1 N–H and O–H groups in total.